The van der Waals surface area contributed by atoms with Crippen molar-refractivity contribution in [2.45, 2.75) is 0 Å². The van der Waals surface area contributed by atoms with E-state index in [0.717, 1.165) is 54.5 Å². The molecule has 1 fully saturated rings. The largest absolute Gasteiger partial charge is 0.355 e. The first-order chi connectivity index (χ1) is 13.7. The van der Waals surface area contributed by atoms with Crippen LogP contribution in [-0.2, 0) is 0 Å². The molecule has 4 rings (SSSR count). The van der Waals surface area contributed by atoms with E-state index in [-0.39, 0.29) is 5.82 Å². The monoisotopic (exact) mass is 373 g/mol. The van der Waals surface area contributed by atoms with Crippen LogP contribution in [0.3, 0.4) is 0 Å². The van der Waals surface area contributed by atoms with Gasteiger partial charge in [0.05, 0.1) is 11.3 Å². The highest BCUT2D eigenvalue weighted by molar-refractivity contribution is 5.73. The van der Waals surface area contributed by atoms with Gasteiger partial charge in [0.1, 0.15) is 17.7 Å². The summed E-state index contributed by atoms with van der Waals surface area (Å²) in [6.45, 7) is 3.56. The Kier molecular flexibility index (Phi) is 5.18. The second-order valence-corrected chi connectivity index (χ2v) is 6.65. The average Bonchev–Trinajstić information content (AvgIpc) is 3.19. The minimum Gasteiger partial charge on any atom is -0.355 e. The maximum Gasteiger partial charge on any atom is 0.124 e. The molecule has 2 aromatic heterocycles. The molecular formula is C22H20FN5. The summed E-state index contributed by atoms with van der Waals surface area (Å²) in [5, 5.41) is 12.9. The SMILES string of the molecule is N#Cc1cc(-c2ccnc(C=Cc3ccc(F)cc3)c2)[nH]c1N1CCNCC1. The van der Waals surface area contributed by atoms with Crippen molar-refractivity contribution in [1.29, 1.82) is 5.26 Å². The lowest BCUT2D eigenvalue weighted by molar-refractivity contribution is 0.585. The third-order valence-corrected chi connectivity index (χ3v) is 4.76. The fourth-order valence-corrected chi connectivity index (χ4v) is 3.28. The van der Waals surface area contributed by atoms with Crippen LogP contribution in [0, 0.1) is 17.1 Å². The zero-order valence-electron chi connectivity index (χ0n) is 15.3. The molecule has 0 radical (unpaired) electrons. The van der Waals surface area contributed by atoms with Gasteiger partial charge in [-0.1, -0.05) is 18.2 Å². The summed E-state index contributed by atoms with van der Waals surface area (Å²) in [4.78, 5) is 9.99. The van der Waals surface area contributed by atoms with Crippen LogP contribution in [0.5, 0.6) is 0 Å². The van der Waals surface area contributed by atoms with E-state index < -0.39 is 0 Å². The topological polar surface area (TPSA) is 67.7 Å². The molecule has 1 aromatic carbocycles. The van der Waals surface area contributed by atoms with Gasteiger partial charge in [-0.15, -0.1) is 0 Å². The van der Waals surface area contributed by atoms with Gasteiger partial charge in [0.25, 0.3) is 0 Å². The van der Waals surface area contributed by atoms with Crippen molar-refractivity contribution < 1.29 is 4.39 Å². The van der Waals surface area contributed by atoms with Crippen LogP contribution in [0.15, 0.2) is 48.7 Å². The second-order valence-electron chi connectivity index (χ2n) is 6.65. The van der Waals surface area contributed by atoms with Crippen molar-refractivity contribution in [1.82, 2.24) is 15.3 Å². The van der Waals surface area contributed by atoms with Crippen LogP contribution >= 0.6 is 0 Å². The Labute approximate surface area is 163 Å². The van der Waals surface area contributed by atoms with Crippen molar-refractivity contribution >= 4 is 18.0 Å². The first kappa shape index (κ1) is 18.0. The average molecular weight is 373 g/mol. The number of hydrogen-bond donors (Lipinski definition) is 2. The van der Waals surface area contributed by atoms with Crippen LogP contribution < -0.4 is 10.2 Å². The number of nitrogens with zero attached hydrogens (tertiary/aromatic N) is 3. The Bertz CT molecular complexity index is 1020. The van der Waals surface area contributed by atoms with Crippen molar-refractivity contribution in [3.8, 4) is 17.3 Å². The minimum absolute atomic E-state index is 0.252. The lowest BCUT2D eigenvalue weighted by atomic mass is 10.1. The highest BCUT2D eigenvalue weighted by atomic mass is 19.1. The molecule has 140 valence electrons. The summed E-state index contributed by atoms with van der Waals surface area (Å²) in [6, 6.07) is 14.4. The highest BCUT2D eigenvalue weighted by Gasteiger charge is 2.17. The fourth-order valence-electron chi connectivity index (χ4n) is 3.28. The highest BCUT2D eigenvalue weighted by Crippen LogP contribution is 2.28. The summed E-state index contributed by atoms with van der Waals surface area (Å²) < 4.78 is 13.0. The zero-order valence-corrected chi connectivity index (χ0v) is 15.3. The molecular weight excluding hydrogens is 353 g/mol. The molecule has 3 heterocycles. The molecule has 0 atom stereocenters. The number of piperazine rings is 1. The van der Waals surface area contributed by atoms with Crippen LogP contribution in [0.1, 0.15) is 16.8 Å². The Morgan fingerprint density at radius 3 is 2.61 bits per heavy atom. The van der Waals surface area contributed by atoms with Gasteiger partial charge >= 0.3 is 0 Å². The van der Waals surface area contributed by atoms with Gasteiger partial charge in [0.2, 0.25) is 0 Å². The molecule has 0 amide bonds. The summed E-state index contributed by atoms with van der Waals surface area (Å²) in [6.07, 6.45) is 5.53. The van der Waals surface area contributed by atoms with E-state index in [4.69, 9.17) is 0 Å². The number of hydrogen-bond acceptors (Lipinski definition) is 4. The molecule has 0 spiro atoms. The number of aromatic nitrogens is 2. The molecule has 0 aliphatic carbocycles. The molecule has 1 aliphatic heterocycles. The van der Waals surface area contributed by atoms with E-state index in [1.165, 1.54) is 12.1 Å². The number of anilines is 1. The van der Waals surface area contributed by atoms with E-state index in [0.29, 0.717) is 5.56 Å². The summed E-state index contributed by atoms with van der Waals surface area (Å²) >= 11 is 0. The lowest BCUT2D eigenvalue weighted by Gasteiger charge is -2.28. The van der Waals surface area contributed by atoms with E-state index in [9.17, 15) is 9.65 Å². The van der Waals surface area contributed by atoms with Gasteiger partial charge in [0, 0.05) is 43.6 Å². The standard InChI is InChI=1S/C22H20FN5/c23-19-4-1-16(2-5-19)3-6-20-13-17(7-8-26-20)21-14-18(15-24)22(27-21)28-11-9-25-10-12-28/h1-8,13-14,25,27H,9-12H2. The first-order valence-electron chi connectivity index (χ1n) is 9.22. The molecule has 5 nitrogen and oxygen atoms in total. The molecule has 0 unspecified atom stereocenters. The predicted molar refractivity (Wildman–Crippen MR) is 109 cm³/mol. The number of H-pyrrole nitrogens is 1. The minimum atomic E-state index is -0.252. The van der Waals surface area contributed by atoms with E-state index in [1.807, 2.05) is 30.4 Å². The van der Waals surface area contributed by atoms with Crippen LogP contribution in [-0.4, -0.2) is 36.1 Å². The molecule has 6 heteroatoms. The number of nitriles is 1. The maximum atomic E-state index is 13.0. The third kappa shape index (κ3) is 3.95. The van der Waals surface area contributed by atoms with Gasteiger partial charge in [-0.3, -0.25) is 4.98 Å². The Morgan fingerprint density at radius 2 is 1.86 bits per heavy atom. The normalized spacial score (nSPS) is 14.4. The molecule has 3 aromatic rings. The predicted octanol–water partition coefficient (Wildman–Crippen LogP) is 3.67. The van der Waals surface area contributed by atoms with Crippen LogP contribution in [0.4, 0.5) is 10.2 Å². The number of aromatic amines is 1. The molecule has 2 N–H and O–H groups in total. The summed E-state index contributed by atoms with van der Waals surface area (Å²) in [7, 11) is 0. The first-order valence-corrected chi connectivity index (χ1v) is 9.22. The zero-order chi connectivity index (χ0) is 19.3. The fraction of sp³-hybridized carbons (Fsp3) is 0.182. The third-order valence-electron chi connectivity index (χ3n) is 4.76. The number of nitrogens with one attached hydrogen (secondary N) is 2. The van der Waals surface area contributed by atoms with Crippen molar-refractivity contribution in [2.24, 2.45) is 0 Å². The van der Waals surface area contributed by atoms with Crippen molar-refractivity contribution in [3.05, 3.63) is 71.3 Å². The smallest absolute Gasteiger partial charge is 0.124 e. The van der Waals surface area contributed by atoms with E-state index in [1.54, 1.807) is 18.3 Å². The van der Waals surface area contributed by atoms with E-state index >= 15 is 0 Å². The molecule has 28 heavy (non-hydrogen) atoms. The summed E-state index contributed by atoms with van der Waals surface area (Å²) in [5.74, 6) is 0.622. The Hall–Kier alpha value is -3.43. The van der Waals surface area contributed by atoms with Gasteiger partial charge in [-0.05, 0) is 42.0 Å². The van der Waals surface area contributed by atoms with Gasteiger partial charge in [-0.2, -0.15) is 5.26 Å². The molecule has 1 saturated heterocycles. The lowest BCUT2D eigenvalue weighted by Crippen LogP contribution is -2.44. The second kappa shape index (κ2) is 8.07. The van der Waals surface area contributed by atoms with Gasteiger partial charge in [-0.25, -0.2) is 4.39 Å². The maximum absolute atomic E-state index is 13.0. The van der Waals surface area contributed by atoms with Gasteiger partial charge < -0.3 is 15.2 Å². The molecule has 1 aliphatic rings. The van der Waals surface area contributed by atoms with Crippen molar-refractivity contribution in [3.63, 3.8) is 0 Å². The quantitative estimate of drug-likeness (QED) is 0.732. The number of benzene rings is 1. The Morgan fingerprint density at radius 1 is 1.07 bits per heavy atom. The Balaban J connectivity index is 1.59. The van der Waals surface area contributed by atoms with E-state index in [2.05, 4.69) is 26.3 Å². The van der Waals surface area contributed by atoms with Crippen LogP contribution in [0.2, 0.25) is 0 Å². The number of rotatable bonds is 4. The van der Waals surface area contributed by atoms with Crippen LogP contribution in [0.25, 0.3) is 23.4 Å². The number of pyridine rings is 1. The molecule has 0 bridgehead atoms. The summed E-state index contributed by atoms with van der Waals surface area (Å²) in [5.41, 5.74) is 4.20. The number of halogens is 1. The van der Waals surface area contributed by atoms with Crippen molar-refractivity contribution in [2.75, 3.05) is 31.1 Å². The van der Waals surface area contributed by atoms with Gasteiger partial charge in [0.15, 0.2) is 0 Å². The molecule has 0 saturated carbocycles.